The summed E-state index contributed by atoms with van der Waals surface area (Å²) in [6.45, 7) is 3.02. The minimum Gasteiger partial charge on any atom is -0.330 e. The van der Waals surface area contributed by atoms with Crippen molar-refractivity contribution in [3.8, 4) is 0 Å². The van der Waals surface area contributed by atoms with Gasteiger partial charge in [0.05, 0.1) is 0 Å². The maximum Gasteiger partial charge on any atom is 0.230 e. The van der Waals surface area contributed by atoms with Crippen LogP contribution >= 0.6 is 0 Å². The Labute approximate surface area is 113 Å². The van der Waals surface area contributed by atoms with Crippen LogP contribution in [-0.2, 0) is 4.79 Å². The third-order valence-corrected chi connectivity index (χ3v) is 3.98. The Morgan fingerprint density at radius 1 is 1.47 bits per heavy atom. The monoisotopic (exact) mass is 264 g/mol. The first-order valence-electron chi connectivity index (χ1n) is 6.94. The zero-order valence-corrected chi connectivity index (χ0v) is 11.3. The van der Waals surface area contributed by atoms with Crippen molar-refractivity contribution < 1.29 is 9.18 Å². The van der Waals surface area contributed by atoms with Crippen molar-refractivity contribution in [1.82, 2.24) is 0 Å². The van der Waals surface area contributed by atoms with E-state index in [0.717, 1.165) is 19.3 Å². The van der Waals surface area contributed by atoms with E-state index in [1.807, 2.05) is 6.92 Å². The Bertz CT molecular complexity index is 450. The van der Waals surface area contributed by atoms with E-state index in [9.17, 15) is 9.18 Å². The highest BCUT2D eigenvalue weighted by Gasteiger charge is 2.34. The summed E-state index contributed by atoms with van der Waals surface area (Å²) in [5, 5.41) is 0. The fourth-order valence-corrected chi connectivity index (χ4v) is 2.95. The molecule has 1 aromatic rings. The average molecular weight is 264 g/mol. The molecule has 2 N–H and O–H groups in total. The Balaban J connectivity index is 2.19. The molecular weight excluding hydrogens is 243 g/mol. The molecule has 104 valence electrons. The second kappa shape index (κ2) is 6.15. The number of amides is 1. The molecule has 1 saturated carbocycles. The van der Waals surface area contributed by atoms with E-state index in [4.69, 9.17) is 5.73 Å². The number of carbonyl (C=O) groups excluding carboxylic acids is 1. The molecule has 19 heavy (non-hydrogen) atoms. The number of anilines is 1. The molecule has 0 spiro atoms. The first kappa shape index (κ1) is 14.0. The fraction of sp³-hybridized carbons (Fsp3) is 0.533. The molecule has 2 unspecified atom stereocenters. The molecule has 0 aliphatic heterocycles. The SMILES string of the molecule is CCN(C(=O)C1CCCC1CN)c1cccc(F)c1. The summed E-state index contributed by atoms with van der Waals surface area (Å²) >= 11 is 0. The van der Waals surface area contributed by atoms with Crippen LogP contribution in [0.3, 0.4) is 0 Å². The molecule has 0 aromatic heterocycles. The van der Waals surface area contributed by atoms with E-state index >= 15 is 0 Å². The quantitative estimate of drug-likeness (QED) is 0.908. The average Bonchev–Trinajstić information content (AvgIpc) is 2.87. The maximum atomic E-state index is 13.3. The second-order valence-electron chi connectivity index (χ2n) is 5.10. The van der Waals surface area contributed by atoms with Crippen LogP contribution in [0.1, 0.15) is 26.2 Å². The molecule has 1 aromatic carbocycles. The first-order valence-corrected chi connectivity index (χ1v) is 6.94. The van der Waals surface area contributed by atoms with Crippen LogP contribution in [0.25, 0.3) is 0 Å². The Kier molecular flexibility index (Phi) is 4.53. The van der Waals surface area contributed by atoms with Gasteiger partial charge in [0.25, 0.3) is 0 Å². The first-order chi connectivity index (χ1) is 9.17. The van der Waals surface area contributed by atoms with Crippen molar-refractivity contribution in [3.05, 3.63) is 30.1 Å². The molecular formula is C15H21FN2O. The van der Waals surface area contributed by atoms with E-state index in [1.165, 1.54) is 12.1 Å². The normalized spacial score (nSPS) is 22.5. The van der Waals surface area contributed by atoms with Crippen molar-refractivity contribution in [2.75, 3.05) is 18.0 Å². The van der Waals surface area contributed by atoms with E-state index in [1.54, 1.807) is 17.0 Å². The van der Waals surface area contributed by atoms with Crippen LogP contribution < -0.4 is 10.6 Å². The lowest BCUT2D eigenvalue weighted by Crippen LogP contribution is -2.39. The van der Waals surface area contributed by atoms with Gasteiger partial charge in [0.2, 0.25) is 5.91 Å². The van der Waals surface area contributed by atoms with Gasteiger partial charge in [0, 0.05) is 18.2 Å². The minimum atomic E-state index is -0.314. The Morgan fingerprint density at radius 3 is 2.89 bits per heavy atom. The summed E-state index contributed by atoms with van der Waals surface area (Å²) in [6, 6.07) is 6.21. The number of hydrogen-bond acceptors (Lipinski definition) is 2. The summed E-state index contributed by atoms with van der Waals surface area (Å²) in [7, 11) is 0. The van der Waals surface area contributed by atoms with Crippen molar-refractivity contribution in [2.24, 2.45) is 17.6 Å². The molecule has 2 rings (SSSR count). The van der Waals surface area contributed by atoms with E-state index in [0.29, 0.717) is 18.8 Å². The third kappa shape index (κ3) is 2.95. The van der Waals surface area contributed by atoms with Crippen LogP contribution in [-0.4, -0.2) is 19.0 Å². The number of rotatable bonds is 4. The summed E-state index contributed by atoms with van der Waals surface area (Å²) in [6.07, 6.45) is 2.97. The van der Waals surface area contributed by atoms with Crippen LogP contribution in [0, 0.1) is 17.7 Å². The summed E-state index contributed by atoms with van der Waals surface area (Å²) < 4.78 is 13.3. The molecule has 1 fully saturated rings. The maximum absolute atomic E-state index is 13.3. The molecule has 1 aliphatic rings. The van der Waals surface area contributed by atoms with Gasteiger partial charge in [0.1, 0.15) is 5.82 Å². The van der Waals surface area contributed by atoms with Gasteiger partial charge < -0.3 is 10.6 Å². The molecule has 1 aliphatic carbocycles. The van der Waals surface area contributed by atoms with E-state index < -0.39 is 0 Å². The lowest BCUT2D eigenvalue weighted by Gasteiger charge is -2.27. The number of hydrogen-bond donors (Lipinski definition) is 1. The number of benzene rings is 1. The largest absolute Gasteiger partial charge is 0.330 e. The van der Waals surface area contributed by atoms with Gasteiger partial charge >= 0.3 is 0 Å². The Hall–Kier alpha value is -1.42. The van der Waals surface area contributed by atoms with Gasteiger partial charge in [-0.1, -0.05) is 12.5 Å². The summed E-state index contributed by atoms with van der Waals surface area (Å²) in [4.78, 5) is 14.3. The minimum absolute atomic E-state index is 0.00628. The van der Waals surface area contributed by atoms with Crippen LogP contribution in [0.4, 0.5) is 10.1 Å². The molecule has 3 nitrogen and oxygen atoms in total. The predicted molar refractivity (Wildman–Crippen MR) is 74.3 cm³/mol. The highest BCUT2D eigenvalue weighted by molar-refractivity contribution is 5.95. The third-order valence-electron chi connectivity index (χ3n) is 3.98. The number of carbonyl (C=O) groups is 1. The van der Waals surface area contributed by atoms with Gasteiger partial charge in [-0.2, -0.15) is 0 Å². The van der Waals surface area contributed by atoms with Crippen LogP contribution in [0.5, 0.6) is 0 Å². The molecule has 4 heteroatoms. The molecule has 0 bridgehead atoms. The van der Waals surface area contributed by atoms with Crippen molar-refractivity contribution >= 4 is 11.6 Å². The Morgan fingerprint density at radius 2 is 2.26 bits per heavy atom. The smallest absolute Gasteiger partial charge is 0.230 e. The van der Waals surface area contributed by atoms with Crippen molar-refractivity contribution in [3.63, 3.8) is 0 Å². The molecule has 0 saturated heterocycles. The summed E-state index contributed by atoms with van der Waals surface area (Å²) in [5.41, 5.74) is 6.37. The predicted octanol–water partition coefficient (Wildman–Crippen LogP) is 2.55. The standard InChI is InChI=1S/C15H21FN2O/c1-2-18(13-7-4-6-12(16)9-13)15(19)14-8-3-5-11(14)10-17/h4,6-7,9,11,14H,2-3,5,8,10,17H2,1H3. The van der Waals surface area contributed by atoms with E-state index in [2.05, 4.69) is 0 Å². The number of nitrogens with zero attached hydrogens (tertiary/aromatic N) is 1. The topological polar surface area (TPSA) is 46.3 Å². The molecule has 2 atom stereocenters. The second-order valence-corrected chi connectivity index (χ2v) is 5.10. The summed E-state index contributed by atoms with van der Waals surface area (Å²) in [5.74, 6) is 0.0370. The number of halogens is 1. The lowest BCUT2D eigenvalue weighted by molar-refractivity contribution is -0.123. The van der Waals surface area contributed by atoms with Gasteiger partial charge in [-0.15, -0.1) is 0 Å². The van der Waals surface area contributed by atoms with Crippen LogP contribution in [0.2, 0.25) is 0 Å². The zero-order valence-electron chi connectivity index (χ0n) is 11.3. The lowest BCUT2D eigenvalue weighted by atomic mass is 9.94. The molecule has 1 amide bonds. The number of nitrogens with two attached hydrogens (primary N) is 1. The van der Waals surface area contributed by atoms with Gasteiger partial charge in [-0.05, 0) is 50.4 Å². The van der Waals surface area contributed by atoms with Gasteiger partial charge in [-0.25, -0.2) is 4.39 Å². The molecule has 0 heterocycles. The highest BCUT2D eigenvalue weighted by atomic mass is 19.1. The highest BCUT2D eigenvalue weighted by Crippen LogP contribution is 2.33. The van der Waals surface area contributed by atoms with Crippen molar-refractivity contribution in [1.29, 1.82) is 0 Å². The van der Waals surface area contributed by atoms with Gasteiger partial charge in [-0.3, -0.25) is 4.79 Å². The fourth-order valence-electron chi connectivity index (χ4n) is 2.95. The zero-order chi connectivity index (χ0) is 13.8. The van der Waals surface area contributed by atoms with E-state index in [-0.39, 0.29) is 23.6 Å². The van der Waals surface area contributed by atoms with Crippen molar-refractivity contribution in [2.45, 2.75) is 26.2 Å². The molecule has 0 radical (unpaired) electrons. The van der Waals surface area contributed by atoms with Crippen LogP contribution in [0.15, 0.2) is 24.3 Å². The van der Waals surface area contributed by atoms with Gasteiger partial charge in [0.15, 0.2) is 0 Å².